The third kappa shape index (κ3) is 11.8. The topological polar surface area (TPSA) is 135 Å². The largest absolute Gasteiger partial charge is 0.748 e. The van der Waals surface area contributed by atoms with Gasteiger partial charge in [0.25, 0.3) is 5.01 Å². The number of unbranched alkanes of at least 4 members (excludes halogenated alkanes) is 2. The number of thiazole rings is 1. The summed E-state index contributed by atoms with van der Waals surface area (Å²) in [6.45, 7) is 11.4. The molecule has 0 spiro atoms. The second-order valence-corrected chi connectivity index (χ2v) is 17.8. The molecule has 1 N–H and O–H groups in total. The first-order valence-corrected chi connectivity index (χ1v) is 22.2. The number of rotatable bonds is 15. The molecule has 1 aliphatic heterocycles. The highest BCUT2D eigenvalue weighted by atomic mass is 79.9. The van der Waals surface area contributed by atoms with Crippen molar-refractivity contribution in [1.82, 2.24) is 0 Å². The van der Waals surface area contributed by atoms with Gasteiger partial charge in [0, 0.05) is 39.5 Å². The van der Waals surface area contributed by atoms with Crippen LogP contribution in [0.3, 0.4) is 0 Å². The second-order valence-electron chi connectivity index (χ2n) is 11.9. The van der Waals surface area contributed by atoms with Crippen LogP contribution in [0.1, 0.15) is 51.5 Å². The van der Waals surface area contributed by atoms with Crippen molar-refractivity contribution in [2.45, 2.75) is 53.0 Å². The number of anilines is 1. The molecule has 272 valence electrons. The molecule has 0 saturated carbocycles. The molecule has 1 aliphatic rings. The smallest absolute Gasteiger partial charge is 0.268 e. The Morgan fingerprint density at radius 1 is 0.800 bits per heavy atom. The first-order valence-electron chi connectivity index (χ1n) is 16.6. The van der Waals surface area contributed by atoms with Crippen molar-refractivity contribution < 1.29 is 40.1 Å². The van der Waals surface area contributed by atoms with Crippen molar-refractivity contribution in [3.05, 3.63) is 80.5 Å². The average Bonchev–Trinajstić information content (AvgIpc) is 3.58. The van der Waals surface area contributed by atoms with E-state index in [2.05, 4.69) is 57.2 Å². The van der Waals surface area contributed by atoms with E-state index in [0.29, 0.717) is 37.6 Å². The number of hydrogen-bond donors (Lipinski definition) is 1. The van der Waals surface area contributed by atoms with Crippen molar-refractivity contribution >= 4 is 85.4 Å². The fourth-order valence-corrected chi connectivity index (χ4v) is 8.45. The lowest BCUT2D eigenvalue weighted by Crippen LogP contribution is -3.11. The Kier molecular flexibility index (Phi) is 14.9. The van der Waals surface area contributed by atoms with Crippen LogP contribution in [0.25, 0.3) is 27.4 Å². The maximum Gasteiger partial charge on any atom is 0.268 e. The summed E-state index contributed by atoms with van der Waals surface area (Å²) >= 11 is 8.56. The van der Waals surface area contributed by atoms with Crippen LogP contribution in [-0.4, -0.2) is 63.6 Å². The molecule has 0 amide bonds. The summed E-state index contributed by atoms with van der Waals surface area (Å²) in [7, 11) is -8.60. The fourth-order valence-electron chi connectivity index (χ4n) is 5.63. The highest BCUT2D eigenvalue weighted by Gasteiger charge is 2.29. The van der Waals surface area contributed by atoms with Gasteiger partial charge in [0.05, 0.1) is 51.6 Å². The van der Waals surface area contributed by atoms with Crippen LogP contribution < -0.4 is 19.1 Å². The summed E-state index contributed by atoms with van der Waals surface area (Å²) in [5, 5.41) is 0.862. The summed E-state index contributed by atoms with van der Waals surface area (Å²) in [6, 6.07) is 19.8. The van der Waals surface area contributed by atoms with E-state index in [0.717, 1.165) is 41.0 Å². The highest BCUT2D eigenvalue weighted by Crippen LogP contribution is 2.42. The number of aryl methyl sites for hydroxylation is 1. The number of nitrogens with one attached hydrogen (secondary N) is 1. The Labute approximate surface area is 316 Å². The highest BCUT2D eigenvalue weighted by molar-refractivity contribution is 9.10. The zero-order chi connectivity index (χ0) is 36.5. The summed E-state index contributed by atoms with van der Waals surface area (Å²) in [5.41, 5.74) is 3.79. The number of nitrogens with zero attached hydrogens (tertiary/aromatic N) is 2. The van der Waals surface area contributed by atoms with E-state index in [4.69, 9.17) is 4.74 Å². The maximum atomic E-state index is 11.2. The molecule has 0 unspecified atom stereocenters. The molecule has 0 aliphatic carbocycles. The van der Waals surface area contributed by atoms with E-state index in [9.17, 15) is 25.9 Å². The van der Waals surface area contributed by atoms with Gasteiger partial charge in [0.1, 0.15) is 4.70 Å². The van der Waals surface area contributed by atoms with E-state index in [1.807, 2.05) is 71.6 Å². The van der Waals surface area contributed by atoms with Gasteiger partial charge >= 0.3 is 0 Å². The normalized spacial score (nSPS) is 13.8. The molecule has 4 aromatic rings. The van der Waals surface area contributed by atoms with Crippen LogP contribution in [0.15, 0.2) is 75.5 Å². The summed E-state index contributed by atoms with van der Waals surface area (Å²) < 4.78 is 78.3. The SMILES string of the molecule is CC[NH+](CC)CC.O=S(=O)([O-])CCCCN1/C(=C/c2sc3ccc(Br)cc3[n+]2CCCCS(=O)(=O)[O-])Oc2ccc(-c3ccc(Br)cc3)cc21. The van der Waals surface area contributed by atoms with E-state index in [-0.39, 0.29) is 12.8 Å². The Morgan fingerprint density at radius 2 is 1.40 bits per heavy atom. The molecule has 0 bridgehead atoms. The standard InChI is InChI=1S/C29H28Br2N2O7S3.C6H15N/c30-22-8-5-20(6-9-22)21-7-11-26-24(17-21)32(13-1-3-15-42(34,35)36)28(40-26)19-29-33(14-2-4-16-43(37,38)39)25-18-23(31)10-12-27(25)41-29;1-4-7(5-2)6-3/h5-12,17-19H,1-4,13-16H2,(H-,34,35,36,37,38,39);4-6H2,1-3H3. The number of aromatic nitrogens is 1. The van der Waals surface area contributed by atoms with Crippen LogP contribution in [0.4, 0.5) is 5.69 Å². The van der Waals surface area contributed by atoms with Crippen molar-refractivity contribution in [2.24, 2.45) is 0 Å². The predicted octanol–water partition coefficient (Wildman–Crippen LogP) is 6.16. The molecular formula is C35H43Br2N3O7S3. The van der Waals surface area contributed by atoms with Gasteiger partial charge in [-0.15, -0.1) is 0 Å². The van der Waals surface area contributed by atoms with E-state index >= 15 is 0 Å². The fraction of sp³-hybridized carbons (Fsp3) is 0.400. The van der Waals surface area contributed by atoms with Gasteiger partial charge < -0.3 is 23.6 Å². The Bertz CT molecular complexity index is 1990. The van der Waals surface area contributed by atoms with Gasteiger partial charge in [-0.1, -0.05) is 61.4 Å². The minimum Gasteiger partial charge on any atom is -0.748 e. The van der Waals surface area contributed by atoms with Gasteiger partial charge in [0.15, 0.2) is 12.3 Å². The molecule has 0 saturated heterocycles. The molecule has 0 fully saturated rings. The van der Waals surface area contributed by atoms with Crippen LogP contribution in [0, 0.1) is 0 Å². The minimum atomic E-state index is -4.31. The number of benzene rings is 3. The molecule has 0 radical (unpaired) electrons. The summed E-state index contributed by atoms with van der Waals surface area (Å²) in [4.78, 5) is 3.67. The van der Waals surface area contributed by atoms with Gasteiger partial charge in [-0.2, -0.15) is 4.57 Å². The Hall–Kier alpha value is -2.37. The number of fused-ring (bicyclic) bond motifs is 2. The number of hydrogen-bond acceptors (Lipinski definition) is 9. The van der Waals surface area contributed by atoms with Gasteiger partial charge in [-0.25, -0.2) is 16.8 Å². The van der Waals surface area contributed by atoms with Gasteiger partial charge in [0.2, 0.25) is 11.4 Å². The van der Waals surface area contributed by atoms with E-state index in [1.54, 1.807) is 16.2 Å². The first-order chi connectivity index (χ1) is 23.7. The lowest BCUT2D eigenvalue weighted by Gasteiger charge is -2.19. The van der Waals surface area contributed by atoms with Crippen LogP contribution in [0.2, 0.25) is 0 Å². The Balaban J connectivity index is 0.000000727. The van der Waals surface area contributed by atoms with Crippen molar-refractivity contribution in [1.29, 1.82) is 0 Å². The van der Waals surface area contributed by atoms with Gasteiger partial charge in [-0.3, -0.25) is 0 Å². The van der Waals surface area contributed by atoms with Gasteiger partial charge in [-0.05, 0) is 87.6 Å². The predicted molar refractivity (Wildman–Crippen MR) is 205 cm³/mol. The lowest BCUT2D eigenvalue weighted by atomic mass is 10.0. The molecule has 0 atom stereocenters. The van der Waals surface area contributed by atoms with Crippen LogP contribution in [-0.2, 0) is 26.8 Å². The number of halogens is 2. The van der Waals surface area contributed by atoms with Crippen molar-refractivity contribution in [3.8, 4) is 16.9 Å². The summed E-state index contributed by atoms with van der Waals surface area (Å²) in [6.07, 6.45) is 3.33. The average molecular weight is 874 g/mol. The van der Waals surface area contributed by atoms with Crippen LogP contribution in [0.5, 0.6) is 5.75 Å². The minimum absolute atomic E-state index is 0.219. The zero-order valence-electron chi connectivity index (χ0n) is 28.4. The zero-order valence-corrected chi connectivity index (χ0v) is 34.0. The molecule has 2 heterocycles. The number of quaternary nitrogens is 1. The molecular weight excluding hydrogens is 830 g/mol. The Morgan fingerprint density at radius 3 is 2.00 bits per heavy atom. The number of ether oxygens (including phenoxy) is 1. The van der Waals surface area contributed by atoms with E-state index in [1.165, 1.54) is 19.6 Å². The first kappa shape index (κ1) is 40.4. The molecule has 3 aromatic carbocycles. The molecule has 50 heavy (non-hydrogen) atoms. The third-order valence-corrected chi connectivity index (χ3v) is 12.1. The monoisotopic (exact) mass is 871 g/mol. The molecule has 1 aromatic heterocycles. The van der Waals surface area contributed by atoms with Crippen molar-refractivity contribution in [3.63, 3.8) is 0 Å². The third-order valence-electron chi connectivity index (χ3n) is 8.40. The second kappa shape index (κ2) is 18.4. The molecule has 15 heteroatoms. The van der Waals surface area contributed by atoms with Crippen LogP contribution >= 0.6 is 43.2 Å². The quantitative estimate of drug-likeness (QED) is 0.0854. The van der Waals surface area contributed by atoms with Crippen molar-refractivity contribution in [2.75, 3.05) is 42.6 Å². The lowest BCUT2D eigenvalue weighted by molar-refractivity contribution is -0.894. The van der Waals surface area contributed by atoms with E-state index < -0.39 is 31.7 Å². The summed E-state index contributed by atoms with van der Waals surface area (Å²) in [5.74, 6) is 0.354. The maximum absolute atomic E-state index is 11.2. The molecule has 10 nitrogen and oxygen atoms in total. The molecule has 5 rings (SSSR count).